The number of fused-ring (bicyclic) bond motifs is 1. The molecule has 1 aromatic carbocycles. The van der Waals surface area contributed by atoms with Crippen LogP contribution in [0.25, 0.3) is 0 Å². The maximum Gasteiger partial charge on any atom is 0.255 e. The molecule has 7 nitrogen and oxygen atoms in total. The van der Waals surface area contributed by atoms with Crippen LogP contribution in [0.1, 0.15) is 48.0 Å². The van der Waals surface area contributed by atoms with E-state index in [-0.39, 0.29) is 48.8 Å². The lowest BCUT2D eigenvalue weighted by atomic mass is 10.0. The zero-order valence-corrected chi connectivity index (χ0v) is 14.2. The van der Waals surface area contributed by atoms with Crippen molar-refractivity contribution in [3.8, 4) is 5.75 Å². The van der Waals surface area contributed by atoms with Crippen LogP contribution in [-0.2, 0) is 16.1 Å². The van der Waals surface area contributed by atoms with Crippen molar-refractivity contribution in [1.82, 2.24) is 10.2 Å². The molecule has 8 heteroatoms. The molecule has 3 aliphatic rings. The molecule has 0 radical (unpaired) electrons. The van der Waals surface area contributed by atoms with Crippen molar-refractivity contribution in [1.29, 1.82) is 0 Å². The second-order valence-electron chi connectivity index (χ2n) is 7.09. The van der Waals surface area contributed by atoms with Gasteiger partial charge in [0.1, 0.15) is 12.1 Å². The third-order valence-electron chi connectivity index (χ3n) is 5.36. The third-order valence-corrected chi connectivity index (χ3v) is 5.36. The molecule has 2 aliphatic heterocycles. The van der Waals surface area contributed by atoms with E-state index in [1.165, 1.54) is 17.0 Å². The van der Waals surface area contributed by atoms with E-state index in [9.17, 15) is 18.8 Å². The lowest BCUT2D eigenvalue weighted by Crippen LogP contribution is -2.52. The summed E-state index contributed by atoms with van der Waals surface area (Å²) in [7, 11) is 0. The minimum atomic E-state index is -0.719. The highest BCUT2D eigenvalue weighted by atomic mass is 19.1. The van der Waals surface area contributed by atoms with Crippen LogP contribution in [-0.4, -0.2) is 40.8 Å². The normalized spacial score (nSPS) is 28.3. The number of nitrogens with zero attached hydrogens (tertiary/aromatic N) is 1. The van der Waals surface area contributed by atoms with Crippen molar-refractivity contribution in [2.24, 2.45) is 5.73 Å². The first kappa shape index (κ1) is 17.0. The van der Waals surface area contributed by atoms with Gasteiger partial charge in [-0.3, -0.25) is 19.7 Å². The van der Waals surface area contributed by atoms with Gasteiger partial charge in [0.15, 0.2) is 11.6 Å². The Hall–Kier alpha value is -2.48. The van der Waals surface area contributed by atoms with Crippen molar-refractivity contribution < 1.29 is 23.5 Å². The summed E-state index contributed by atoms with van der Waals surface area (Å²) in [6, 6.07) is 1.85. The number of halogens is 1. The molecule has 26 heavy (non-hydrogen) atoms. The summed E-state index contributed by atoms with van der Waals surface area (Å²) in [6.45, 7) is 0.188. The number of imide groups is 1. The van der Waals surface area contributed by atoms with E-state index in [1.807, 2.05) is 0 Å². The van der Waals surface area contributed by atoms with Crippen molar-refractivity contribution in [3.63, 3.8) is 0 Å². The van der Waals surface area contributed by atoms with Gasteiger partial charge in [-0.2, -0.15) is 0 Å². The van der Waals surface area contributed by atoms with Crippen LogP contribution in [0.4, 0.5) is 4.39 Å². The number of carbonyl (C=O) groups is 3. The molecule has 1 unspecified atom stereocenters. The predicted octanol–water partition coefficient (Wildman–Crippen LogP) is 0.845. The average Bonchev–Trinajstić information content (AvgIpc) is 3.13. The standard InChI is InChI=1S/C18H20FN3O4/c19-11-7-10-9(6-15(11)26-14-3-1-2-12(14)20)8-22(18(10)25)13-4-5-16(23)21-17(13)24/h6-7,12-14H,1-5,8,20H2,(H,21,23,24)/t12-,13?,14-/m1/s1. The molecular formula is C18H20FN3O4. The van der Waals surface area contributed by atoms with Gasteiger partial charge in [0.2, 0.25) is 11.8 Å². The lowest BCUT2D eigenvalue weighted by Gasteiger charge is -2.29. The fraction of sp³-hybridized carbons (Fsp3) is 0.500. The number of nitrogens with one attached hydrogen (secondary N) is 1. The number of nitrogens with two attached hydrogens (primary N) is 1. The van der Waals surface area contributed by atoms with E-state index >= 15 is 0 Å². The highest BCUT2D eigenvalue weighted by Crippen LogP contribution is 2.33. The minimum Gasteiger partial charge on any atom is -0.486 e. The molecule has 1 saturated carbocycles. The molecule has 0 spiro atoms. The molecule has 0 bridgehead atoms. The number of ether oxygens (including phenoxy) is 1. The molecule has 3 amide bonds. The highest BCUT2D eigenvalue weighted by molar-refractivity contribution is 6.05. The Balaban J connectivity index is 1.56. The van der Waals surface area contributed by atoms with Gasteiger partial charge in [-0.15, -0.1) is 0 Å². The van der Waals surface area contributed by atoms with Crippen LogP contribution >= 0.6 is 0 Å². The van der Waals surface area contributed by atoms with Crippen molar-refractivity contribution in [2.75, 3.05) is 0 Å². The Morgan fingerprint density at radius 1 is 1.19 bits per heavy atom. The first-order valence-corrected chi connectivity index (χ1v) is 8.83. The summed E-state index contributed by atoms with van der Waals surface area (Å²) >= 11 is 0. The van der Waals surface area contributed by atoms with Crippen molar-refractivity contribution >= 4 is 17.7 Å². The van der Waals surface area contributed by atoms with Crippen LogP contribution in [0.5, 0.6) is 5.75 Å². The van der Waals surface area contributed by atoms with E-state index < -0.39 is 23.7 Å². The van der Waals surface area contributed by atoms with E-state index in [2.05, 4.69) is 5.32 Å². The Labute approximate surface area is 149 Å². The Morgan fingerprint density at radius 3 is 2.69 bits per heavy atom. The number of piperidine rings is 1. The number of amides is 3. The van der Waals surface area contributed by atoms with Crippen LogP contribution in [0, 0.1) is 5.82 Å². The summed E-state index contributed by atoms with van der Waals surface area (Å²) < 4.78 is 20.2. The molecule has 1 aliphatic carbocycles. The molecular weight excluding hydrogens is 341 g/mol. The quantitative estimate of drug-likeness (QED) is 0.777. The van der Waals surface area contributed by atoms with E-state index in [0.717, 1.165) is 19.3 Å². The number of benzene rings is 1. The van der Waals surface area contributed by atoms with Gasteiger partial charge in [0.25, 0.3) is 5.91 Å². The summed E-state index contributed by atoms with van der Waals surface area (Å²) in [5, 5.41) is 2.25. The maximum absolute atomic E-state index is 14.4. The largest absolute Gasteiger partial charge is 0.486 e. The molecule has 4 rings (SSSR count). The zero-order valence-electron chi connectivity index (χ0n) is 14.2. The smallest absolute Gasteiger partial charge is 0.255 e. The number of carbonyl (C=O) groups excluding carboxylic acids is 3. The fourth-order valence-corrected chi connectivity index (χ4v) is 3.92. The summed E-state index contributed by atoms with van der Waals surface area (Å²) in [4.78, 5) is 37.4. The van der Waals surface area contributed by atoms with Gasteiger partial charge in [0, 0.05) is 24.6 Å². The van der Waals surface area contributed by atoms with Gasteiger partial charge in [-0.05, 0) is 43.4 Å². The van der Waals surface area contributed by atoms with Crippen LogP contribution < -0.4 is 15.8 Å². The monoisotopic (exact) mass is 361 g/mol. The highest BCUT2D eigenvalue weighted by Gasteiger charge is 2.40. The van der Waals surface area contributed by atoms with Crippen LogP contribution in [0.2, 0.25) is 0 Å². The van der Waals surface area contributed by atoms with Crippen LogP contribution in [0.3, 0.4) is 0 Å². The molecule has 1 saturated heterocycles. The van der Waals surface area contributed by atoms with E-state index in [4.69, 9.17) is 10.5 Å². The summed E-state index contributed by atoms with van der Waals surface area (Å²) in [6.07, 6.45) is 2.79. The number of rotatable bonds is 3. The average molecular weight is 361 g/mol. The third kappa shape index (κ3) is 2.84. The zero-order chi connectivity index (χ0) is 18.4. The Morgan fingerprint density at radius 2 is 2.00 bits per heavy atom. The van der Waals surface area contributed by atoms with Crippen molar-refractivity contribution in [2.45, 2.75) is 56.8 Å². The Bertz CT molecular complexity index is 797. The molecule has 138 valence electrons. The maximum atomic E-state index is 14.4. The van der Waals surface area contributed by atoms with E-state index in [0.29, 0.717) is 5.56 Å². The summed E-state index contributed by atoms with van der Waals surface area (Å²) in [5.41, 5.74) is 6.82. The SMILES string of the molecule is N[C@@H]1CCC[C@H]1Oc1cc2c(cc1F)C(=O)N(C1CCC(=O)NC1=O)C2. The molecule has 3 N–H and O–H groups in total. The fourth-order valence-electron chi connectivity index (χ4n) is 3.92. The second-order valence-corrected chi connectivity index (χ2v) is 7.09. The van der Waals surface area contributed by atoms with Crippen molar-refractivity contribution in [3.05, 3.63) is 29.1 Å². The minimum absolute atomic E-state index is 0.0871. The number of hydrogen-bond acceptors (Lipinski definition) is 5. The van der Waals surface area contributed by atoms with Gasteiger partial charge < -0.3 is 15.4 Å². The van der Waals surface area contributed by atoms with Gasteiger partial charge in [0.05, 0.1) is 0 Å². The molecule has 0 aromatic heterocycles. The first-order valence-electron chi connectivity index (χ1n) is 8.83. The molecule has 3 atom stereocenters. The van der Waals surface area contributed by atoms with Gasteiger partial charge in [-0.1, -0.05) is 0 Å². The topological polar surface area (TPSA) is 102 Å². The second kappa shape index (κ2) is 6.35. The van der Waals surface area contributed by atoms with E-state index in [1.54, 1.807) is 0 Å². The summed E-state index contributed by atoms with van der Waals surface area (Å²) in [5.74, 6) is -1.76. The Kier molecular flexibility index (Phi) is 4.14. The lowest BCUT2D eigenvalue weighted by molar-refractivity contribution is -0.136. The van der Waals surface area contributed by atoms with Crippen LogP contribution in [0.15, 0.2) is 12.1 Å². The van der Waals surface area contributed by atoms with Gasteiger partial charge in [-0.25, -0.2) is 4.39 Å². The first-order chi connectivity index (χ1) is 12.4. The molecule has 1 aromatic rings. The predicted molar refractivity (Wildman–Crippen MR) is 88.7 cm³/mol. The number of hydrogen-bond donors (Lipinski definition) is 2. The molecule has 2 fully saturated rings. The molecule has 2 heterocycles. The van der Waals surface area contributed by atoms with Gasteiger partial charge >= 0.3 is 0 Å².